The van der Waals surface area contributed by atoms with Gasteiger partial charge in [-0.05, 0) is 44.5 Å². The lowest BCUT2D eigenvalue weighted by Gasteiger charge is -2.27. The van der Waals surface area contributed by atoms with Crippen LogP contribution in [0.1, 0.15) is 50.7 Å². The van der Waals surface area contributed by atoms with Gasteiger partial charge >= 0.3 is 0 Å². The van der Waals surface area contributed by atoms with Gasteiger partial charge in [0.25, 0.3) is 0 Å². The van der Waals surface area contributed by atoms with Crippen LogP contribution in [0.25, 0.3) is 0 Å². The SMILES string of the molecule is CCNCc1ccc(F)c(CN2CCCCCC2C)c1. The van der Waals surface area contributed by atoms with E-state index in [1.54, 1.807) is 6.07 Å². The minimum absolute atomic E-state index is 0.0679. The number of benzene rings is 1. The first kappa shape index (κ1) is 15.5. The Balaban J connectivity index is 2.06. The zero-order valence-corrected chi connectivity index (χ0v) is 12.8. The van der Waals surface area contributed by atoms with Gasteiger partial charge in [0, 0.05) is 24.7 Å². The van der Waals surface area contributed by atoms with Gasteiger partial charge in [-0.3, -0.25) is 4.90 Å². The van der Waals surface area contributed by atoms with Crippen LogP contribution in [0, 0.1) is 5.82 Å². The molecule has 0 radical (unpaired) electrons. The molecule has 1 saturated heterocycles. The predicted octanol–water partition coefficient (Wildman–Crippen LogP) is 3.70. The summed E-state index contributed by atoms with van der Waals surface area (Å²) in [5.74, 6) is -0.0679. The molecule has 0 amide bonds. The third-order valence-corrected chi connectivity index (χ3v) is 4.25. The number of nitrogens with zero attached hydrogens (tertiary/aromatic N) is 1. The molecule has 1 aliphatic rings. The normalized spacial score (nSPS) is 20.9. The van der Waals surface area contributed by atoms with Crippen LogP contribution in [0.3, 0.4) is 0 Å². The van der Waals surface area contributed by atoms with Crippen LogP contribution < -0.4 is 5.32 Å². The quantitative estimate of drug-likeness (QED) is 0.883. The van der Waals surface area contributed by atoms with Gasteiger partial charge in [-0.1, -0.05) is 31.9 Å². The van der Waals surface area contributed by atoms with Crippen molar-refractivity contribution < 1.29 is 4.39 Å². The molecule has 112 valence electrons. The van der Waals surface area contributed by atoms with Crippen LogP contribution in [0.2, 0.25) is 0 Å². The minimum Gasteiger partial charge on any atom is -0.313 e. The molecule has 0 aliphatic carbocycles. The van der Waals surface area contributed by atoms with Gasteiger partial charge in [-0.25, -0.2) is 4.39 Å². The molecule has 1 atom stereocenters. The van der Waals surface area contributed by atoms with Crippen molar-refractivity contribution >= 4 is 0 Å². The summed E-state index contributed by atoms with van der Waals surface area (Å²) in [6.45, 7) is 7.95. The van der Waals surface area contributed by atoms with Gasteiger partial charge in [0.2, 0.25) is 0 Å². The molecule has 1 aromatic carbocycles. The number of hydrogen-bond donors (Lipinski definition) is 1. The molecule has 3 heteroatoms. The van der Waals surface area contributed by atoms with Crippen molar-refractivity contribution in [1.82, 2.24) is 10.2 Å². The molecule has 0 aromatic heterocycles. The smallest absolute Gasteiger partial charge is 0.127 e. The highest BCUT2D eigenvalue weighted by Crippen LogP contribution is 2.20. The lowest BCUT2D eigenvalue weighted by atomic mass is 10.1. The fraction of sp³-hybridized carbons (Fsp3) is 0.647. The Labute approximate surface area is 122 Å². The van der Waals surface area contributed by atoms with E-state index in [1.165, 1.54) is 31.2 Å². The Morgan fingerprint density at radius 2 is 2.15 bits per heavy atom. The van der Waals surface area contributed by atoms with Gasteiger partial charge < -0.3 is 5.32 Å². The highest BCUT2D eigenvalue weighted by atomic mass is 19.1. The van der Waals surface area contributed by atoms with Gasteiger partial charge in [-0.2, -0.15) is 0 Å². The molecule has 2 nitrogen and oxygen atoms in total. The number of rotatable bonds is 5. The summed E-state index contributed by atoms with van der Waals surface area (Å²) in [4.78, 5) is 2.43. The molecule has 1 aromatic rings. The summed E-state index contributed by atoms with van der Waals surface area (Å²) < 4.78 is 14.0. The third kappa shape index (κ3) is 4.29. The Kier molecular flexibility index (Phi) is 5.99. The Hall–Kier alpha value is -0.930. The second-order valence-corrected chi connectivity index (χ2v) is 5.87. The van der Waals surface area contributed by atoms with Gasteiger partial charge in [-0.15, -0.1) is 0 Å². The van der Waals surface area contributed by atoms with Crippen molar-refractivity contribution in [2.75, 3.05) is 13.1 Å². The van der Waals surface area contributed by atoms with Crippen LogP contribution in [0.15, 0.2) is 18.2 Å². The van der Waals surface area contributed by atoms with Crippen LogP contribution in [-0.4, -0.2) is 24.0 Å². The maximum absolute atomic E-state index is 14.0. The Morgan fingerprint density at radius 1 is 1.30 bits per heavy atom. The first-order valence-electron chi connectivity index (χ1n) is 7.92. The molecular formula is C17H27FN2. The maximum atomic E-state index is 14.0. The zero-order chi connectivity index (χ0) is 14.4. The predicted molar refractivity (Wildman–Crippen MR) is 82.1 cm³/mol. The minimum atomic E-state index is -0.0679. The second-order valence-electron chi connectivity index (χ2n) is 5.87. The van der Waals surface area contributed by atoms with E-state index in [9.17, 15) is 4.39 Å². The third-order valence-electron chi connectivity index (χ3n) is 4.25. The van der Waals surface area contributed by atoms with Crippen molar-refractivity contribution in [3.63, 3.8) is 0 Å². The summed E-state index contributed by atoms with van der Waals surface area (Å²) in [6, 6.07) is 6.09. The van der Waals surface area contributed by atoms with Crippen molar-refractivity contribution in [1.29, 1.82) is 0 Å². The fourth-order valence-electron chi connectivity index (χ4n) is 2.92. The van der Waals surface area contributed by atoms with Crippen LogP contribution in [-0.2, 0) is 13.1 Å². The molecule has 0 saturated carbocycles. The highest BCUT2D eigenvalue weighted by molar-refractivity contribution is 5.25. The lowest BCUT2D eigenvalue weighted by Crippen LogP contribution is -2.32. The number of hydrogen-bond acceptors (Lipinski definition) is 2. The van der Waals surface area contributed by atoms with Crippen molar-refractivity contribution in [3.05, 3.63) is 35.1 Å². The monoisotopic (exact) mass is 278 g/mol. The fourth-order valence-corrected chi connectivity index (χ4v) is 2.92. The van der Waals surface area contributed by atoms with E-state index in [2.05, 4.69) is 24.1 Å². The molecule has 1 N–H and O–H groups in total. The maximum Gasteiger partial charge on any atom is 0.127 e. The van der Waals surface area contributed by atoms with E-state index in [-0.39, 0.29) is 5.82 Å². The Morgan fingerprint density at radius 3 is 2.95 bits per heavy atom. The molecular weight excluding hydrogens is 251 g/mol. The van der Waals surface area contributed by atoms with Gasteiger partial charge in [0.15, 0.2) is 0 Å². The summed E-state index contributed by atoms with van der Waals surface area (Å²) >= 11 is 0. The molecule has 0 spiro atoms. The van der Waals surface area contributed by atoms with E-state index in [1.807, 2.05) is 12.1 Å². The largest absolute Gasteiger partial charge is 0.313 e. The molecule has 1 unspecified atom stereocenters. The van der Waals surface area contributed by atoms with E-state index in [0.29, 0.717) is 6.04 Å². The first-order valence-corrected chi connectivity index (χ1v) is 7.92. The van der Waals surface area contributed by atoms with Crippen molar-refractivity contribution in [2.24, 2.45) is 0 Å². The van der Waals surface area contributed by atoms with E-state index in [4.69, 9.17) is 0 Å². The highest BCUT2D eigenvalue weighted by Gasteiger charge is 2.18. The molecule has 0 bridgehead atoms. The second kappa shape index (κ2) is 7.75. The number of likely N-dealkylation sites (tertiary alicyclic amines) is 1. The van der Waals surface area contributed by atoms with Crippen LogP contribution in [0.4, 0.5) is 4.39 Å². The average molecular weight is 278 g/mol. The van der Waals surface area contributed by atoms with Crippen molar-refractivity contribution in [2.45, 2.75) is 58.7 Å². The lowest BCUT2D eigenvalue weighted by molar-refractivity contribution is 0.202. The summed E-state index contributed by atoms with van der Waals surface area (Å²) in [5, 5.41) is 3.30. The number of nitrogens with one attached hydrogen (secondary N) is 1. The molecule has 20 heavy (non-hydrogen) atoms. The molecule has 2 rings (SSSR count). The van der Waals surface area contributed by atoms with E-state index < -0.39 is 0 Å². The first-order chi connectivity index (χ1) is 9.70. The summed E-state index contributed by atoms with van der Waals surface area (Å²) in [5.41, 5.74) is 2.01. The van der Waals surface area contributed by atoms with E-state index in [0.717, 1.165) is 31.7 Å². The summed E-state index contributed by atoms with van der Waals surface area (Å²) in [6.07, 6.45) is 5.09. The summed E-state index contributed by atoms with van der Waals surface area (Å²) in [7, 11) is 0. The van der Waals surface area contributed by atoms with E-state index >= 15 is 0 Å². The molecule has 1 aliphatic heterocycles. The van der Waals surface area contributed by atoms with Crippen LogP contribution >= 0.6 is 0 Å². The van der Waals surface area contributed by atoms with Crippen LogP contribution in [0.5, 0.6) is 0 Å². The Bertz CT molecular complexity index is 419. The molecule has 1 fully saturated rings. The zero-order valence-electron chi connectivity index (χ0n) is 12.8. The standard InChI is InChI=1S/C17H27FN2/c1-3-19-12-15-8-9-17(18)16(11-15)13-20-10-6-4-5-7-14(20)2/h8-9,11,14,19H,3-7,10,12-13H2,1-2H3. The van der Waals surface area contributed by atoms with Crippen molar-refractivity contribution in [3.8, 4) is 0 Å². The average Bonchev–Trinajstić information content (AvgIpc) is 2.65. The topological polar surface area (TPSA) is 15.3 Å². The number of halogens is 1. The van der Waals surface area contributed by atoms with Gasteiger partial charge in [0.1, 0.15) is 5.82 Å². The molecule has 1 heterocycles. The van der Waals surface area contributed by atoms with Gasteiger partial charge in [0.05, 0.1) is 0 Å².